The number of halogens is 3. The summed E-state index contributed by atoms with van der Waals surface area (Å²) in [5.74, 6) is -1.78. The van der Waals surface area contributed by atoms with Gasteiger partial charge in [-0.05, 0) is 25.5 Å². The number of carbonyl (C=O) groups is 1. The molecule has 0 aliphatic heterocycles. The van der Waals surface area contributed by atoms with Crippen LogP contribution in [0.3, 0.4) is 0 Å². The third-order valence-electron chi connectivity index (χ3n) is 3.79. The average Bonchev–Trinajstić information content (AvgIpc) is 2.53. The number of alkyl halides is 2. The lowest BCUT2D eigenvalue weighted by Gasteiger charge is -2.27. The second-order valence-corrected chi connectivity index (χ2v) is 11.0. The van der Waals surface area contributed by atoms with Crippen molar-refractivity contribution in [3.63, 3.8) is 0 Å². The molecule has 0 amide bonds. The van der Waals surface area contributed by atoms with Crippen LogP contribution in [0.5, 0.6) is 0 Å². The molecule has 0 aliphatic rings. The van der Waals surface area contributed by atoms with Gasteiger partial charge in [-0.25, -0.2) is 13.2 Å². The predicted octanol–water partition coefficient (Wildman–Crippen LogP) is 3.09. The van der Waals surface area contributed by atoms with Crippen molar-refractivity contribution in [3.05, 3.63) is 33.8 Å². The summed E-state index contributed by atoms with van der Waals surface area (Å²) < 4.78 is 75.0. The summed E-state index contributed by atoms with van der Waals surface area (Å²) in [6.45, 7) is 2.23. The molecule has 0 fully saturated rings. The van der Waals surface area contributed by atoms with E-state index in [1.165, 1.54) is 13.8 Å². The van der Waals surface area contributed by atoms with E-state index < -0.39 is 45.9 Å². The van der Waals surface area contributed by atoms with Crippen LogP contribution in [-0.2, 0) is 40.3 Å². The standard InChI is InChI=1S/C15H21BrF2NO7PS/c1-4-25-27(22,26-5-2)15(17,18)11-7-6-10(8-12(11)16)9-14(19,13(20)21)28(3,23)24/h6-8H,4-5,9,19H2,1-3H3,(H,20,21)/t14-/m1/s1. The summed E-state index contributed by atoms with van der Waals surface area (Å²) in [7, 11) is -9.07. The highest BCUT2D eigenvalue weighted by Crippen LogP contribution is 2.67. The minimum Gasteiger partial charge on any atom is -0.479 e. The molecule has 1 atom stereocenters. The molecule has 13 heteroatoms. The first-order chi connectivity index (χ1) is 12.7. The van der Waals surface area contributed by atoms with Crippen molar-refractivity contribution in [2.24, 2.45) is 5.73 Å². The normalized spacial score (nSPS) is 15.2. The fraction of sp³-hybridized carbons (Fsp3) is 0.533. The topological polar surface area (TPSA) is 133 Å². The van der Waals surface area contributed by atoms with Gasteiger partial charge in [0.05, 0.1) is 13.2 Å². The van der Waals surface area contributed by atoms with Crippen LogP contribution in [0.4, 0.5) is 8.78 Å². The molecule has 0 unspecified atom stereocenters. The van der Waals surface area contributed by atoms with Crippen molar-refractivity contribution in [1.29, 1.82) is 0 Å². The van der Waals surface area contributed by atoms with Crippen LogP contribution in [0.25, 0.3) is 0 Å². The Labute approximate surface area is 170 Å². The minimum atomic E-state index is -4.85. The molecule has 0 bridgehead atoms. The summed E-state index contributed by atoms with van der Waals surface area (Å²) in [5.41, 5.74) is 0.859. The number of sulfone groups is 1. The fourth-order valence-electron chi connectivity index (χ4n) is 2.27. The van der Waals surface area contributed by atoms with Gasteiger partial charge in [-0.3, -0.25) is 4.57 Å². The molecule has 1 rings (SSSR count). The highest BCUT2D eigenvalue weighted by molar-refractivity contribution is 9.10. The fourth-order valence-corrected chi connectivity index (χ4v) is 5.41. The van der Waals surface area contributed by atoms with Gasteiger partial charge in [0.15, 0.2) is 9.84 Å². The minimum absolute atomic E-state index is 0.0596. The van der Waals surface area contributed by atoms with Crippen LogP contribution in [0.1, 0.15) is 25.0 Å². The smallest absolute Gasteiger partial charge is 0.404 e. The molecule has 160 valence electrons. The maximum absolute atomic E-state index is 14.9. The molecule has 0 spiro atoms. The van der Waals surface area contributed by atoms with Gasteiger partial charge in [-0.15, -0.1) is 0 Å². The Kier molecular flexibility index (Phi) is 7.94. The quantitative estimate of drug-likeness (QED) is 0.461. The van der Waals surface area contributed by atoms with Crippen molar-refractivity contribution in [2.75, 3.05) is 19.5 Å². The Morgan fingerprint density at radius 2 is 1.79 bits per heavy atom. The van der Waals surface area contributed by atoms with Crippen LogP contribution in [0.15, 0.2) is 22.7 Å². The van der Waals surface area contributed by atoms with Crippen LogP contribution >= 0.6 is 23.5 Å². The number of rotatable bonds is 10. The lowest BCUT2D eigenvalue weighted by molar-refractivity contribution is -0.140. The zero-order valence-electron chi connectivity index (χ0n) is 15.3. The first kappa shape index (κ1) is 25.1. The van der Waals surface area contributed by atoms with Crippen molar-refractivity contribution in [2.45, 2.75) is 30.8 Å². The van der Waals surface area contributed by atoms with Gasteiger partial charge in [0.1, 0.15) is 0 Å². The maximum Gasteiger partial charge on any atom is 0.404 e. The number of carboxylic acids is 1. The van der Waals surface area contributed by atoms with E-state index in [1.54, 1.807) is 0 Å². The second kappa shape index (κ2) is 8.85. The number of aliphatic carboxylic acids is 1. The molecule has 28 heavy (non-hydrogen) atoms. The largest absolute Gasteiger partial charge is 0.479 e. The molecule has 0 aromatic heterocycles. The molecule has 0 saturated carbocycles. The molecule has 0 heterocycles. The molecule has 3 N–H and O–H groups in total. The number of carboxylic acid groups (broad SMARTS) is 1. The van der Waals surface area contributed by atoms with Gasteiger partial charge in [-0.2, -0.15) is 8.78 Å². The monoisotopic (exact) mass is 507 g/mol. The zero-order chi connectivity index (χ0) is 22.0. The van der Waals surface area contributed by atoms with E-state index >= 15 is 0 Å². The zero-order valence-corrected chi connectivity index (χ0v) is 18.6. The van der Waals surface area contributed by atoms with Crippen molar-refractivity contribution in [1.82, 2.24) is 0 Å². The summed E-state index contributed by atoms with van der Waals surface area (Å²) in [4.78, 5) is 8.72. The van der Waals surface area contributed by atoms with E-state index in [2.05, 4.69) is 15.9 Å². The van der Waals surface area contributed by atoms with Crippen molar-refractivity contribution in [3.8, 4) is 0 Å². The first-order valence-electron chi connectivity index (χ1n) is 7.94. The molecule has 1 aromatic rings. The molecular weight excluding hydrogens is 487 g/mol. The van der Waals surface area contributed by atoms with Crippen molar-refractivity contribution < 1.29 is 40.7 Å². The van der Waals surface area contributed by atoms with E-state index in [4.69, 9.17) is 14.8 Å². The Morgan fingerprint density at radius 3 is 2.14 bits per heavy atom. The first-order valence-corrected chi connectivity index (χ1v) is 12.2. The molecular formula is C15H21BrF2NO7PS. The molecule has 1 aromatic carbocycles. The average molecular weight is 508 g/mol. The highest BCUT2D eigenvalue weighted by atomic mass is 79.9. The summed E-state index contributed by atoms with van der Waals surface area (Å²) in [5, 5.41) is 9.20. The van der Waals surface area contributed by atoms with Gasteiger partial charge in [-0.1, -0.05) is 28.1 Å². The number of benzene rings is 1. The van der Waals surface area contributed by atoms with Crippen LogP contribution in [0.2, 0.25) is 0 Å². The van der Waals surface area contributed by atoms with Gasteiger partial charge in [0, 0.05) is 22.7 Å². The second-order valence-electron chi connectivity index (χ2n) is 5.83. The Morgan fingerprint density at radius 1 is 1.29 bits per heavy atom. The lowest BCUT2D eigenvalue weighted by atomic mass is 10.0. The number of hydrogen-bond donors (Lipinski definition) is 2. The van der Waals surface area contributed by atoms with E-state index in [-0.39, 0.29) is 23.2 Å². The molecule has 0 aliphatic carbocycles. The molecule has 0 radical (unpaired) electrons. The number of nitrogens with two attached hydrogens (primary N) is 1. The molecule has 0 saturated heterocycles. The Balaban J connectivity index is 3.40. The summed E-state index contributed by atoms with van der Waals surface area (Å²) in [6, 6.07) is 3.04. The van der Waals surface area contributed by atoms with E-state index in [9.17, 15) is 31.7 Å². The van der Waals surface area contributed by atoms with Gasteiger partial charge < -0.3 is 19.9 Å². The highest BCUT2D eigenvalue weighted by Gasteiger charge is 2.55. The van der Waals surface area contributed by atoms with Crippen molar-refractivity contribution >= 4 is 39.3 Å². The third kappa shape index (κ3) is 4.80. The van der Waals surface area contributed by atoms with Gasteiger partial charge >= 0.3 is 19.2 Å². The summed E-state index contributed by atoms with van der Waals surface area (Å²) in [6.07, 6.45) is -0.000672. The maximum atomic E-state index is 14.9. The van der Waals surface area contributed by atoms with E-state index in [1.807, 2.05) is 0 Å². The molecule has 8 nitrogen and oxygen atoms in total. The third-order valence-corrected chi connectivity index (χ3v) is 8.21. The number of hydrogen-bond acceptors (Lipinski definition) is 7. The van der Waals surface area contributed by atoms with Gasteiger partial charge in [0.25, 0.3) is 0 Å². The van der Waals surface area contributed by atoms with Crippen LogP contribution in [0, 0.1) is 0 Å². The van der Waals surface area contributed by atoms with E-state index in [0.717, 1.165) is 18.2 Å². The summed E-state index contributed by atoms with van der Waals surface area (Å²) >= 11 is 2.92. The lowest BCUT2D eigenvalue weighted by Crippen LogP contribution is -2.56. The Bertz CT molecular complexity index is 886. The van der Waals surface area contributed by atoms with Gasteiger partial charge in [0.2, 0.25) is 4.87 Å². The SMILES string of the molecule is CCOP(=O)(OCC)C(F)(F)c1ccc(C[C@](N)(C(=O)O)S(C)(=O)=O)cc1Br. The predicted molar refractivity (Wildman–Crippen MR) is 102 cm³/mol. The Hall–Kier alpha value is -0.910. The van der Waals surface area contributed by atoms with Crippen LogP contribution in [-0.4, -0.2) is 43.8 Å². The van der Waals surface area contributed by atoms with E-state index in [0.29, 0.717) is 6.26 Å². The van der Waals surface area contributed by atoms with Crippen LogP contribution < -0.4 is 5.73 Å².